The molecule has 0 saturated carbocycles. The third-order valence-corrected chi connectivity index (χ3v) is 8.87. The van der Waals surface area contributed by atoms with Crippen molar-refractivity contribution in [2.45, 2.75) is 0 Å². The third-order valence-electron chi connectivity index (χ3n) is 8.87. The van der Waals surface area contributed by atoms with Crippen LogP contribution in [0.3, 0.4) is 0 Å². The molecule has 0 N–H and O–H groups in total. The molecule has 6 aromatic rings. The number of rotatable bonds is 5. The summed E-state index contributed by atoms with van der Waals surface area (Å²) in [6, 6.07) is 52.2. The topological polar surface area (TPSA) is 18.5 Å². The zero-order chi connectivity index (χ0) is 29.6. The smallest absolute Gasteiger partial charge is 0.118 e. The second-order valence-corrected chi connectivity index (χ2v) is 11.1. The highest BCUT2D eigenvalue weighted by Crippen LogP contribution is 2.55. The molecule has 0 aromatic heterocycles. The molecule has 2 aliphatic rings. The van der Waals surface area contributed by atoms with Crippen molar-refractivity contribution in [3.05, 3.63) is 179 Å². The maximum absolute atomic E-state index is 5.61. The molecule has 210 valence electrons. The van der Waals surface area contributed by atoms with Crippen molar-refractivity contribution < 1.29 is 9.47 Å². The van der Waals surface area contributed by atoms with Crippen LogP contribution in [0, 0.1) is 0 Å². The summed E-state index contributed by atoms with van der Waals surface area (Å²) in [6.45, 7) is 0. The molecule has 44 heavy (non-hydrogen) atoms. The Morgan fingerprint density at radius 2 is 0.568 bits per heavy atom. The fraction of sp³-hybridized carbons (Fsp3) is 0.0476. The van der Waals surface area contributed by atoms with E-state index >= 15 is 0 Å². The van der Waals surface area contributed by atoms with Gasteiger partial charge in [0.1, 0.15) is 11.5 Å². The van der Waals surface area contributed by atoms with Gasteiger partial charge < -0.3 is 9.47 Å². The second-order valence-electron chi connectivity index (χ2n) is 11.1. The highest BCUT2D eigenvalue weighted by molar-refractivity contribution is 6.30. The van der Waals surface area contributed by atoms with E-state index < -0.39 is 0 Å². The van der Waals surface area contributed by atoms with Crippen LogP contribution in [0.2, 0.25) is 0 Å². The monoisotopic (exact) mass is 566 g/mol. The van der Waals surface area contributed by atoms with Gasteiger partial charge in [-0.3, -0.25) is 0 Å². The predicted molar refractivity (Wildman–Crippen MR) is 182 cm³/mol. The lowest BCUT2D eigenvalue weighted by Crippen LogP contribution is -2.00. The standard InChI is InChI=1S/C42H30O2/c1-43-29-23-19-27(20-24-29)39(41-35-15-7-3-11-31(35)32-12-4-8-16-36(32)41)40(28-21-25-30(44-2)26-22-28)42-37-17-9-5-13-33(37)34-14-6-10-18-38(34)42/h3-26H,1-2H3. The Bertz CT molecular complexity index is 1860. The minimum absolute atomic E-state index is 0.834. The Hall–Kier alpha value is -5.60. The third kappa shape index (κ3) is 4.03. The molecular weight excluding hydrogens is 536 g/mol. The van der Waals surface area contributed by atoms with Gasteiger partial charge in [0.05, 0.1) is 14.2 Å². The van der Waals surface area contributed by atoms with Gasteiger partial charge in [0.25, 0.3) is 0 Å². The first kappa shape index (κ1) is 26.1. The van der Waals surface area contributed by atoms with Gasteiger partial charge in [0.2, 0.25) is 0 Å². The molecule has 0 amide bonds. The maximum atomic E-state index is 5.61. The van der Waals surface area contributed by atoms with E-state index in [9.17, 15) is 0 Å². The normalized spacial score (nSPS) is 12.2. The summed E-state index contributed by atoms with van der Waals surface area (Å²) in [4.78, 5) is 0. The molecular formula is C42H30O2. The highest BCUT2D eigenvalue weighted by Gasteiger charge is 2.32. The molecule has 6 aromatic carbocycles. The minimum Gasteiger partial charge on any atom is -0.497 e. The minimum atomic E-state index is 0.834. The molecule has 0 fully saturated rings. The van der Waals surface area contributed by atoms with Crippen LogP contribution in [-0.4, -0.2) is 14.2 Å². The van der Waals surface area contributed by atoms with Gasteiger partial charge in [-0.15, -0.1) is 0 Å². The van der Waals surface area contributed by atoms with Gasteiger partial charge in [-0.05, 0) is 102 Å². The Morgan fingerprint density at radius 3 is 0.818 bits per heavy atom. The summed E-state index contributed by atoms with van der Waals surface area (Å²) in [5.41, 5.74) is 17.1. The molecule has 0 atom stereocenters. The van der Waals surface area contributed by atoms with Crippen molar-refractivity contribution in [2.75, 3.05) is 14.2 Å². The van der Waals surface area contributed by atoms with Crippen molar-refractivity contribution in [3.63, 3.8) is 0 Å². The number of methoxy groups -OCH3 is 2. The summed E-state index contributed by atoms with van der Waals surface area (Å²) in [5.74, 6) is 1.67. The van der Waals surface area contributed by atoms with Crippen molar-refractivity contribution >= 4 is 22.3 Å². The average Bonchev–Trinajstić information content (AvgIpc) is 3.60. The first-order valence-electron chi connectivity index (χ1n) is 14.9. The van der Waals surface area contributed by atoms with Gasteiger partial charge in [0, 0.05) is 0 Å². The van der Waals surface area contributed by atoms with Crippen molar-refractivity contribution in [1.82, 2.24) is 0 Å². The lowest BCUT2D eigenvalue weighted by Gasteiger charge is -2.22. The zero-order valence-electron chi connectivity index (χ0n) is 24.7. The molecule has 8 rings (SSSR count). The largest absolute Gasteiger partial charge is 0.497 e. The Kier molecular flexibility index (Phi) is 6.27. The van der Waals surface area contributed by atoms with E-state index in [1.54, 1.807) is 14.2 Å². The number of benzene rings is 6. The SMILES string of the molecule is COc1ccc(C(C(=C2c3ccccc3-c3ccccc32)c2ccc(OC)cc2)=C2c3ccccc3-c3ccccc32)cc1. The molecule has 2 aliphatic carbocycles. The Morgan fingerprint density at radius 1 is 0.318 bits per heavy atom. The molecule has 0 spiro atoms. The predicted octanol–water partition coefficient (Wildman–Crippen LogP) is 10.3. The van der Waals surface area contributed by atoms with Gasteiger partial charge >= 0.3 is 0 Å². The second kappa shape index (κ2) is 10.6. The molecule has 0 heterocycles. The van der Waals surface area contributed by atoms with Gasteiger partial charge in [-0.2, -0.15) is 0 Å². The quantitative estimate of drug-likeness (QED) is 0.206. The van der Waals surface area contributed by atoms with Gasteiger partial charge in [0.15, 0.2) is 0 Å². The summed E-state index contributed by atoms with van der Waals surface area (Å²) in [6.07, 6.45) is 0. The summed E-state index contributed by atoms with van der Waals surface area (Å²) in [7, 11) is 3.43. The molecule has 0 unspecified atom stereocenters. The van der Waals surface area contributed by atoms with Gasteiger partial charge in [-0.1, -0.05) is 121 Å². The number of hydrogen-bond donors (Lipinski definition) is 0. The van der Waals surface area contributed by atoms with Crippen molar-refractivity contribution in [3.8, 4) is 33.8 Å². The number of ether oxygens (including phenoxy) is 2. The average molecular weight is 567 g/mol. The van der Waals surface area contributed by atoms with Crippen LogP contribution in [0.5, 0.6) is 11.5 Å². The van der Waals surface area contributed by atoms with E-state index in [1.807, 2.05) is 0 Å². The van der Waals surface area contributed by atoms with Crippen LogP contribution >= 0.6 is 0 Å². The first-order chi connectivity index (χ1) is 21.8. The fourth-order valence-electron chi connectivity index (χ4n) is 6.92. The van der Waals surface area contributed by atoms with Crippen LogP contribution in [0.15, 0.2) is 146 Å². The van der Waals surface area contributed by atoms with Crippen LogP contribution in [0.4, 0.5) is 0 Å². The molecule has 0 saturated heterocycles. The maximum Gasteiger partial charge on any atom is 0.118 e. The molecule has 2 nitrogen and oxygen atoms in total. The van der Waals surface area contributed by atoms with Crippen LogP contribution in [0.1, 0.15) is 33.4 Å². The Labute approximate surface area is 258 Å². The number of allylic oxidation sites excluding steroid dienone is 2. The number of fused-ring (bicyclic) bond motifs is 6. The van der Waals surface area contributed by atoms with E-state index in [2.05, 4.69) is 146 Å². The molecule has 0 radical (unpaired) electrons. The summed E-state index contributed by atoms with van der Waals surface area (Å²) in [5, 5.41) is 0. The van der Waals surface area contributed by atoms with Crippen molar-refractivity contribution in [2.24, 2.45) is 0 Å². The highest BCUT2D eigenvalue weighted by atomic mass is 16.5. The lowest BCUT2D eigenvalue weighted by molar-refractivity contribution is 0.414. The summed E-state index contributed by atoms with van der Waals surface area (Å²) < 4.78 is 11.2. The Balaban J connectivity index is 1.58. The molecule has 0 aliphatic heterocycles. The van der Waals surface area contributed by atoms with E-state index in [0.717, 1.165) is 22.6 Å². The van der Waals surface area contributed by atoms with Crippen LogP contribution < -0.4 is 9.47 Å². The van der Waals surface area contributed by atoms with E-state index in [0.29, 0.717) is 0 Å². The zero-order valence-corrected chi connectivity index (χ0v) is 24.7. The van der Waals surface area contributed by atoms with Crippen LogP contribution in [0.25, 0.3) is 44.5 Å². The van der Waals surface area contributed by atoms with E-state index in [-0.39, 0.29) is 0 Å². The van der Waals surface area contributed by atoms with E-state index in [1.165, 1.54) is 66.8 Å². The van der Waals surface area contributed by atoms with Gasteiger partial charge in [-0.25, -0.2) is 0 Å². The lowest BCUT2D eigenvalue weighted by atomic mass is 9.80. The van der Waals surface area contributed by atoms with E-state index in [4.69, 9.17) is 9.47 Å². The number of hydrogen-bond acceptors (Lipinski definition) is 2. The fourth-order valence-corrected chi connectivity index (χ4v) is 6.92. The van der Waals surface area contributed by atoms with Crippen molar-refractivity contribution in [1.29, 1.82) is 0 Å². The molecule has 0 bridgehead atoms. The van der Waals surface area contributed by atoms with Crippen LogP contribution in [-0.2, 0) is 0 Å². The summed E-state index contributed by atoms with van der Waals surface area (Å²) >= 11 is 0. The molecule has 2 heteroatoms. The first-order valence-corrected chi connectivity index (χ1v) is 14.9.